The summed E-state index contributed by atoms with van der Waals surface area (Å²) in [6.07, 6.45) is 1.76. The maximum absolute atomic E-state index is 12.6. The summed E-state index contributed by atoms with van der Waals surface area (Å²) in [6, 6.07) is 11.4. The van der Waals surface area contributed by atoms with E-state index in [1.165, 1.54) is 0 Å². The molecule has 170 valence electrons. The minimum absolute atomic E-state index is 0.0889. The first-order valence-corrected chi connectivity index (χ1v) is 12.5. The maximum atomic E-state index is 12.6. The number of nitrogens with zero attached hydrogens (tertiary/aromatic N) is 2. The molecule has 1 aliphatic rings. The number of benzene rings is 2. The fourth-order valence-electron chi connectivity index (χ4n) is 4.37. The molecule has 1 fully saturated rings. The number of amides is 2. The molecule has 5 rings (SSSR count). The van der Waals surface area contributed by atoms with Crippen molar-refractivity contribution in [2.24, 2.45) is 5.73 Å². The molecule has 3 heterocycles. The second-order valence-corrected chi connectivity index (χ2v) is 10.3. The van der Waals surface area contributed by atoms with Gasteiger partial charge in [0.05, 0.1) is 26.0 Å². The molecule has 0 radical (unpaired) electrons. The van der Waals surface area contributed by atoms with Crippen LogP contribution >= 0.6 is 22.7 Å². The zero-order valence-corrected chi connectivity index (χ0v) is 19.8. The Hall–Kier alpha value is -3.01. The van der Waals surface area contributed by atoms with E-state index < -0.39 is 0 Å². The molecule has 1 aliphatic heterocycles. The summed E-state index contributed by atoms with van der Waals surface area (Å²) in [4.78, 5) is 31.0. The van der Waals surface area contributed by atoms with Crippen LogP contribution < -0.4 is 15.8 Å². The Balaban J connectivity index is 1.25. The van der Waals surface area contributed by atoms with E-state index in [0.717, 1.165) is 50.3 Å². The highest BCUT2D eigenvalue weighted by molar-refractivity contribution is 7.21. The van der Waals surface area contributed by atoms with E-state index in [9.17, 15) is 9.59 Å². The number of ether oxygens (including phenoxy) is 1. The predicted octanol–water partition coefficient (Wildman–Crippen LogP) is 4.29. The summed E-state index contributed by atoms with van der Waals surface area (Å²) < 4.78 is 8.06. The molecule has 0 saturated carbocycles. The lowest BCUT2D eigenvalue weighted by Gasteiger charge is -2.22. The first-order chi connectivity index (χ1) is 16.0. The number of hydrogen-bond acceptors (Lipinski definition) is 7. The van der Waals surface area contributed by atoms with Gasteiger partial charge in [-0.1, -0.05) is 12.1 Å². The lowest BCUT2D eigenvalue weighted by atomic mass is 10.1. The molecule has 0 bridgehead atoms. The normalized spacial score (nSPS) is 16.5. The van der Waals surface area contributed by atoms with E-state index in [1.807, 2.05) is 48.7 Å². The van der Waals surface area contributed by atoms with Crippen molar-refractivity contribution in [1.82, 2.24) is 9.88 Å². The first-order valence-electron chi connectivity index (χ1n) is 10.8. The number of nitrogens with one attached hydrogen (secondary N) is 1. The molecule has 1 unspecified atom stereocenters. The fraction of sp³-hybridized carbons (Fsp3) is 0.292. The highest BCUT2D eigenvalue weighted by atomic mass is 32.1. The van der Waals surface area contributed by atoms with Gasteiger partial charge in [0.1, 0.15) is 5.75 Å². The van der Waals surface area contributed by atoms with Crippen LogP contribution in [0.1, 0.15) is 23.4 Å². The molecule has 33 heavy (non-hydrogen) atoms. The standard InChI is InChI=1S/C24H24N4O3S2/c1-14-26-22-20(33-14)11-19(17-7-9-32-23(17)22)31-13-21(29)27-16-5-2-4-15(10-16)12-28-8-3-6-18(28)24(25)30/h2,4-5,7,9-11,18H,3,6,8,12-13H2,1H3,(H2,25,30)(H,27,29). The number of rotatable bonds is 7. The maximum Gasteiger partial charge on any atom is 0.262 e. The van der Waals surface area contributed by atoms with Crippen LogP contribution in [0.5, 0.6) is 5.75 Å². The van der Waals surface area contributed by atoms with Crippen molar-refractivity contribution in [3.05, 3.63) is 52.3 Å². The van der Waals surface area contributed by atoms with Crippen LogP contribution in [0.4, 0.5) is 5.69 Å². The van der Waals surface area contributed by atoms with Gasteiger partial charge in [-0.05, 0) is 55.5 Å². The number of aromatic nitrogens is 1. The summed E-state index contributed by atoms with van der Waals surface area (Å²) in [6.45, 7) is 3.37. The van der Waals surface area contributed by atoms with E-state index in [4.69, 9.17) is 10.5 Å². The number of nitrogens with two attached hydrogens (primary N) is 1. The van der Waals surface area contributed by atoms with Gasteiger partial charge in [0.25, 0.3) is 5.91 Å². The number of aryl methyl sites for hydroxylation is 1. The summed E-state index contributed by atoms with van der Waals surface area (Å²) in [5.74, 6) is 0.186. The quantitative estimate of drug-likeness (QED) is 0.411. The SMILES string of the molecule is Cc1nc2c(cc(OCC(=O)Nc3cccc(CN4CCCC4C(N)=O)c3)c3ccsc32)s1. The average Bonchev–Trinajstić information content (AvgIpc) is 3.51. The van der Waals surface area contributed by atoms with Gasteiger partial charge >= 0.3 is 0 Å². The van der Waals surface area contributed by atoms with Crippen molar-refractivity contribution in [2.45, 2.75) is 32.4 Å². The number of likely N-dealkylation sites (tertiary alicyclic amines) is 1. The summed E-state index contributed by atoms with van der Waals surface area (Å²) in [5, 5.41) is 6.91. The van der Waals surface area contributed by atoms with Crippen molar-refractivity contribution in [1.29, 1.82) is 0 Å². The number of primary amides is 1. The molecule has 2 amide bonds. The highest BCUT2D eigenvalue weighted by Gasteiger charge is 2.28. The molecule has 0 spiro atoms. The van der Waals surface area contributed by atoms with Crippen LogP contribution in [-0.2, 0) is 16.1 Å². The Kier molecular flexibility index (Phi) is 6.01. The lowest BCUT2D eigenvalue weighted by Crippen LogP contribution is -2.39. The average molecular weight is 481 g/mol. The molecular formula is C24H24N4O3S2. The molecule has 0 aliphatic carbocycles. The Morgan fingerprint density at radius 2 is 2.18 bits per heavy atom. The number of anilines is 1. The van der Waals surface area contributed by atoms with E-state index >= 15 is 0 Å². The topological polar surface area (TPSA) is 97.6 Å². The molecule has 3 N–H and O–H groups in total. The van der Waals surface area contributed by atoms with E-state index in [2.05, 4.69) is 15.2 Å². The molecule has 7 nitrogen and oxygen atoms in total. The summed E-state index contributed by atoms with van der Waals surface area (Å²) in [5.41, 5.74) is 8.24. The Bertz CT molecular complexity index is 1350. The van der Waals surface area contributed by atoms with Crippen LogP contribution in [0, 0.1) is 6.92 Å². The Morgan fingerprint density at radius 3 is 3.03 bits per heavy atom. The minimum atomic E-state index is -0.277. The third-order valence-corrected chi connectivity index (χ3v) is 7.65. The van der Waals surface area contributed by atoms with Crippen molar-refractivity contribution in [3.8, 4) is 5.75 Å². The van der Waals surface area contributed by atoms with Crippen LogP contribution in [-0.4, -0.2) is 40.9 Å². The third kappa shape index (κ3) is 4.57. The zero-order chi connectivity index (χ0) is 22.9. The predicted molar refractivity (Wildman–Crippen MR) is 133 cm³/mol. The molecular weight excluding hydrogens is 456 g/mol. The molecule has 4 aromatic rings. The molecule has 1 atom stereocenters. The van der Waals surface area contributed by atoms with Crippen molar-refractivity contribution in [3.63, 3.8) is 0 Å². The van der Waals surface area contributed by atoms with Crippen LogP contribution in [0.15, 0.2) is 41.8 Å². The van der Waals surface area contributed by atoms with Gasteiger partial charge in [-0.2, -0.15) is 0 Å². The monoisotopic (exact) mass is 480 g/mol. The minimum Gasteiger partial charge on any atom is -0.483 e. The first kappa shape index (κ1) is 21.8. The number of thiophene rings is 1. The molecule has 9 heteroatoms. The molecule has 2 aromatic carbocycles. The Morgan fingerprint density at radius 1 is 1.30 bits per heavy atom. The number of fused-ring (bicyclic) bond motifs is 3. The van der Waals surface area contributed by atoms with Crippen LogP contribution in [0.2, 0.25) is 0 Å². The molecule has 2 aromatic heterocycles. The van der Waals surface area contributed by atoms with Gasteiger partial charge < -0.3 is 15.8 Å². The molecule has 1 saturated heterocycles. The van der Waals surface area contributed by atoms with Crippen LogP contribution in [0.3, 0.4) is 0 Å². The van der Waals surface area contributed by atoms with Crippen molar-refractivity contribution >= 4 is 60.5 Å². The largest absolute Gasteiger partial charge is 0.483 e. The van der Waals surface area contributed by atoms with E-state index in [-0.39, 0.29) is 24.5 Å². The van der Waals surface area contributed by atoms with E-state index in [1.54, 1.807) is 22.7 Å². The number of carbonyl (C=O) groups excluding carboxylic acids is 2. The fourth-order valence-corrected chi connectivity index (χ4v) is 6.20. The number of hydrogen-bond donors (Lipinski definition) is 2. The van der Waals surface area contributed by atoms with Gasteiger partial charge in [-0.25, -0.2) is 4.98 Å². The van der Waals surface area contributed by atoms with Crippen LogP contribution in [0.25, 0.3) is 20.3 Å². The number of thiazole rings is 1. The highest BCUT2D eigenvalue weighted by Crippen LogP contribution is 2.38. The second kappa shape index (κ2) is 9.09. The van der Waals surface area contributed by atoms with Gasteiger partial charge in [0.15, 0.2) is 6.61 Å². The second-order valence-electron chi connectivity index (χ2n) is 8.19. The van der Waals surface area contributed by atoms with Gasteiger partial charge in [0, 0.05) is 23.7 Å². The summed E-state index contributed by atoms with van der Waals surface area (Å²) >= 11 is 3.25. The van der Waals surface area contributed by atoms with Gasteiger partial charge in [-0.15, -0.1) is 22.7 Å². The lowest BCUT2D eigenvalue weighted by molar-refractivity contribution is -0.122. The Labute approximate surface area is 199 Å². The summed E-state index contributed by atoms with van der Waals surface area (Å²) in [7, 11) is 0. The zero-order valence-electron chi connectivity index (χ0n) is 18.2. The van der Waals surface area contributed by atoms with Gasteiger partial charge in [-0.3, -0.25) is 14.5 Å². The van der Waals surface area contributed by atoms with Gasteiger partial charge in [0.2, 0.25) is 5.91 Å². The third-order valence-electron chi connectivity index (χ3n) is 5.82. The van der Waals surface area contributed by atoms with E-state index in [0.29, 0.717) is 18.0 Å². The van der Waals surface area contributed by atoms with Crippen molar-refractivity contribution in [2.75, 3.05) is 18.5 Å². The van der Waals surface area contributed by atoms with Crippen molar-refractivity contribution < 1.29 is 14.3 Å². The smallest absolute Gasteiger partial charge is 0.262 e. The number of carbonyl (C=O) groups is 2.